The molecule has 0 spiro atoms. The van der Waals surface area contributed by atoms with Gasteiger partial charge in [-0.25, -0.2) is 8.42 Å². The van der Waals surface area contributed by atoms with E-state index in [-0.39, 0.29) is 16.8 Å². The predicted octanol–water partition coefficient (Wildman–Crippen LogP) is 3.18. The molecule has 0 unspecified atom stereocenters. The van der Waals surface area contributed by atoms with Crippen molar-refractivity contribution in [1.29, 1.82) is 0 Å². The molecule has 1 N–H and O–H groups in total. The molecule has 1 heterocycles. The Bertz CT molecular complexity index is 848. The van der Waals surface area contributed by atoms with E-state index in [0.717, 1.165) is 24.8 Å². The normalized spacial score (nSPS) is 18.4. The summed E-state index contributed by atoms with van der Waals surface area (Å²) >= 11 is 0. The summed E-state index contributed by atoms with van der Waals surface area (Å²) < 4.78 is 27.2. The molecule has 1 aliphatic rings. The van der Waals surface area contributed by atoms with E-state index < -0.39 is 10.0 Å². The molecule has 0 saturated carbocycles. The highest BCUT2D eigenvalue weighted by molar-refractivity contribution is 7.89. The van der Waals surface area contributed by atoms with Gasteiger partial charge >= 0.3 is 0 Å². The number of benzene rings is 2. The standard InChI is InChI=1S/C20H24N2O3S/c1-16-7-5-6-14-22(16)26(24,25)19-12-10-18(11-13-19)20(23)21-15-17-8-3-2-4-9-17/h2-4,8-13,16H,5-7,14-15H2,1H3,(H,21,23)/t16-/m0/s1. The van der Waals surface area contributed by atoms with E-state index in [4.69, 9.17) is 0 Å². The van der Waals surface area contributed by atoms with Crippen LogP contribution in [0.5, 0.6) is 0 Å². The van der Waals surface area contributed by atoms with Gasteiger partial charge in [0, 0.05) is 24.7 Å². The van der Waals surface area contributed by atoms with Crippen LogP contribution >= 0.6 is 0 Å². The van der Waals surface area contributed by atoms with Gasteiger partial charge < -0.3 is 5.32 Å². The number of carbonyl (C=O) groups excluding carboxylic acids is 1. The third kappa shape index (κ3) is 4.14. The molecule has 2 aromatic rings. The topological polar surface area (TPSA) is 66.5 Å². The highest BCUT2D eigenvalue weighted by Crippen LogP contribution is 2.25. The Hall–Kier alpha value is -2.18. The summed E-state index contributed by atoms with van der Waals surface area (Å²) in [6.07, 6.45) is 2.84. The van der Waals surface area contributed by atoms with Crippen molar-refractivity contribution in [2.24, 2.45) is 0 Å². The van der Waals surface area contributed by atoms with Crippen molar-refractivity contribution in [3.63, 3.8) is 0 Å². The fraction of sp³-hybridized carbons (Fsp3) is 0.350. The summed E-state index contributed by atoms with van der Waals surface area (Å²) in [5, 5.41) is 2.85. The van der Waals surface area contributed by atoms with Gasteiger partial charge in [-0.1, -0.05) is 36.8 Å². The van der Waals surface area contributed by atoms with Crippen LogP contribution in [0.15, 0.2) is 59.5 Å². The molecule has 1 atom stereocenters. The van der Waals surface area contributed by atoms with Gasteiger partial charge in [-0.3, -0.25) is 4.79 Å². The number of hydrogen-bond acceptors (Lipinski definition) is 3. The van der Waals surface area contributed by atoms with E-state index in [1.165, 1.54) is 12.1 Å². The number of sulfonamides is 1. The van der Waals surface area contributed by atoms with Crippen LogP contribution in [0, 0.1) is 0 Å². The summed E-state index contributed by atoms with van der Waals surface area (Å²) in [4.78, 5) is 12.5. The Morgan fingerprint density at radius 1 is 1.08 bits per heavy atom. The molecule has 1 fully saturated rings. The lowest BCUT2D eigenvalue weighted by Crippen LogP contribution is -2.41. The second kappa shape index (κ2) is 8.01. The third-order valence-corrected chi connectivity index (χ3v) is 6.79. The second-order valence-corrected chi connectivity index (χ2v) is 8.54. The lowest BCUT2D eigenvalue weighted by atomic mass is 10.1. The van der Waals surface area contributed by atoms with Gasteiger partial charge in [-0.2, -0.15) is 4.31 Å². The molecule has 2 aromatic carbocycles. The van der Waals surface area contributed by atoms with Crippen molar-refractivity contribution in [1.82, 2.24) is 9.62 Å². The first-order valence-corrected chi connectivity index (χ1v) is 10.4. The lowest BCUT2D eigenvalue weighted by Gasteiger charge is -2.32. The van der Waals surface area contributed by atoms with E-state index in [1.807, 2.05) is 37.3 Å². The molecule has 1 amide bonds. The first-order valence-electron chi connectivity index (χ1n) is 8.92. The Morgan fingerprint density at radius 3 is 2.42 bits per heavy atom. The summed E-state index contributed by atoms with van der Waals surface area (Å²) in [5.41, 5.74) is 1.46. The average molecular weight is 372 g/mol. The molecule has 138 valence electrons. The van der Waals surface area contributed by atoms with Crippen LogP contribution in [-0.2, 0) is 16.6 Å². The first-order chi connectivity index (χ1) is 12.5. The van der Waals surface area contributed by atoms with Crippen LogP contribution in [0.2, 0.25) is 0 Å². The molecule has 3 rings (SSSR count). The number of rotatable bonds is 5. The highest BCUT2D eigenvalue weighted by Gasteiger charge is 2.30. The van der Waals surface area contributed by atoms with Crippen LogP contribution in [0.4, 0.5) is 0 Å². The number of piperidine rings is 1. The molecule has 1 saturated heterocycles. The van der Waals surface area contributed by atoms with E-state index >= 15 is 0 Å². The monoisotopic (exact) mass is 372 g/mol. The van der Waals surface area contributed by atoms with Crippen molar-refractivity contribution >= 4 is 15.9 Å². The fourth-order valence-electron chi connectivity index (χ4n) is 3.22. The zero-order valence-electron chi connectivity index (χ0n) is 14.9. The maximum Gasteiger partial charge on any atom is 0.251 e. The molecule has 0 bridgehead atoms. The Kier molecular flexibility index (Phi) is 5.74. The molecule has 1 aliphatic heterocycles. The fourth-order valence-corrected chi connectivity index (χ4v) is 4.92. The van der Waals surface area contributed by atoms with E-state index in [2.05, 4.69) is 5.32 Å². The number of amides is 1. The number of hydrogen-bond donors (Lipinski definition) is 1. The summed E-state index contributed by atoms with van der Waals surface area (Å²) in [5.74, 6) is -0.218. The first kappa shape index (κ1) is 18.6. The third-order valence-electron chi connectivity index (χ3n) is 4.76. The number of carbonyl (C=O) groups is 1. The van der Waals surface area contributed by atoms with Crippen LogP contribution in [0.1, 0.15) is 42.1 Å². The van der Waals surface area contributed by atoms with Crippen molar-refractivity contribution in [3.8, 4) is 0 Å². The van der Waals surface area contributed by atoms with Crippen LogP contribution < -0.4 is 5.32 Å². The molecular weight excluding hydrogens is 348 g/mol. The van der Waals surface area contributed by atoms with E-state index in [9.17, 15) is 13.2 Å². The molecule has 26 heavy (non-hydrogen) atoms. The Balaban J connectivity index is 1.68. The zero-order chi connectivity index (χ0) is 18.6. The van der Waals surface area contributed by atoms with Gasteiger partial charge in [0.2, 0.25) is 10.0 Å². The molecular formula is C20H24N2O3S. The molecule has 0 radical (unpaired) electrons. The SMILES string of the molecule is C[C@H]1CCCCN1S(=O)(=O)c1ccc(C(=O)NCc2ccccc2)cc1. The van der Waals surface area contributed by atoms with E-state index in [0.29, 0.717) is 18.7 Å². The van der Waals surface area contributed by atoms with Crippen molar-refractivity contribution < 1.29 is 13.2 Å². The van der Waals surface area contributed by atoms with Gasteiger partial charge in [0.25, 0.3) is 5.91 Å². The minimum atomic E-state index is -3.51. The minimum Gasteiger partial charge on any atom is -0.348 e. The molecule has 0 aliphatic carbocycles. The highest BCUT2D eigenvalue weighted by atomic mass is 32.2. The largest absolute Gasteiger partial charge is 0.348 e. The van der Waals surface area contributed by atoms with Gasteiger partial charge in [0.1, 0.15) is 0 Å². The summed E-state index contributed by atoms with van der Waals surface area (Å²) in [6, 6.07) is 15.8. The Morgan fingerprint density at radius 2 is 1.77 bits per heavy atom. The molecule has 5 nitrogen and oxygen atoms in total. The van der Waals surface area contributed by atoms with Crippen molar-refractivity contribution in [2.75, 3.05) is 6.54 Å². The minimum absolute atomic E-state index is 0.0163. The lowest BCUT2D eigenvalue weighted by molar-refractivity contribution is 0.0951. The van der Waals surface area contributed by atoms with Gasteiger partial charge in [-0.15, -0.1) is 0 Å². The second-order valence-electron chi connectivity index (χ2n) is 6.65. The van der Waals surface area contributed by atoms with Gasteiger partial charge in [0.15, 0.2) is 0 Å². The van der Waals surface area contributed by atoms with Crippen molar-refractivity contribution in [2.45, 2.75) is 43.7 Å². The maximum absolute atomic E-state index is 12.8. The molecule has 0 aromatic heterocycles. The van der Waals surface area contributed by atoms with Crippen molar-refractivity contribution in [3.05, 3.63) is 65.7 Å². The van der Waals surface area contributed by atoms with Gasteiger partial charge in [0.05, 0.1) is 4.90 Å². The van der Waals surface area contributed by atoms with Crippen LogP contribution in [0.25, 0.3) is 0 Å². The summed E-state index contributed by atoms with van der Waals surface area (Å²) in [6.45, 7) is 2.94. The predicted molar refractivity (Wildman–Crippen MR) is 101 cm³/mol. The van der Waals surface area contributed by atoms with Crippen LogP contribution in [0.3, 0.4) is 0 Å². The van der Waals surface area contributed by atoms with E-state index in [1.54, 1.807) is 16.4 Å². The Labute approximate surface area is 155 Å². The quantitative estimate of drug-likeness (QED) is 0.877. The summed E-state index contributed by atoms with van der Waals surface area (Å²) in [7, 11) is -3.51. The average Bonchev–Trinajstić information content (AvgIpc) is 2.67. The smallest absolute Gasteiger partial charge is 0.251 e. The number of nitrogens with one attached hydrogen (secondary N) is 1. The molecule has 6 heteroatoms. The van der Waals surface area contributed by atoms with Crippen LogP contribution in [-0.4, -0.2) is 31.2 Å². The zero-order valence-corrected chi connectivity index (χ0v) is 15.7. The number of nitrogens with zero attached hydrogens (tertiary/aromatic N) is 1. The van der Waals surface area contributed by atoms with Gasteiger partial charge in [-0.05, 0) is 49.6 Å². The maximum atomic E-state index is 12.8.